The van der Waals surface area contributed by atoms with Gasteiger partial charge in [0.15, 0.2) is 11.5 Å². The van der Waals surface area contributed by atoms with Crippen LogP contribution in [0.25, 0.3) is 0 Å². The quantitative estimate of drug-likeness (QED) is 0.889. The number of halogens is 1. The number of hydrogen-bond donors (Lipinski definition) is 1. The third kappa shape index (κ3) is 3.21. The summed E-state index contributed by atoms with van der Waals surface area (Å²) in [5.74, 6) is 2.27. The van der Waals surface area contributed by atoms with E-state index in [1.165, 1.54) is 30.4 Å². The smallest absolute Gasteiger partial charge is 0.175 e. The van der Waals surface area contributed by atoms with E-state index in [1.54, 1.807) is 0 Å². The Hall–Kier alpha value is -0.740. The zero-order valence-corrected chi connectivity index (χ0v) is 14.5. The van der Waals surface area contributed by atoms with Gasteiger partial charge in [-0.05, 0) is 59.3 Å². The van der Waals surface area contributed by atoms with Crippen LogP contribution in [0.2, 0.25) is 0 Å². The van der Waals surface area contributed by atoms with Crippen LogP contribution in [0.3, 0.4) is 0 Å². The molecule has 116 valence electrons. The van der Waals surface area contributed by atoms with Crippen molar-refractivity contribution in [3.8, 4) is 11.5 Å². The minimum absolute atomic E-state index is 0.437. The van der Waals surface area contributed by atoms with Gasteiger partial charge in [0, 0.05) is 11.6 Å². The average molecular weight is 354 g/mol. The van der Waals surface area contributed by atoms with Gasteiger partial charge in [0.25, 0.3) is 0 Å². The fourth-order valence-corrected chi connectivity index (χ4v) is 3.97. The second-order valence-electron chi connectivity index (χ2n) is 6.29. The molecule has 1 aromatic carbocycles. The molecule has 2 aliphatic rings. The Labute approximate surface area is 135 Å². The molecule has 3 rings (SSSR count). The highest BCUT2D eigenvalue weighted by atomic mass is 79.9. The molecule has 0 saturated carbocycles. The Bertz CT molecular complexity index is 510. The number of ether oxygens (including phenoxy) is 2. The summed E-state index contributed by atoms with van der Waals surface area (Å²) in [6.07, 6.45) is 4.98. The first-order valence-electron chi connectivity index (χ1n) is 8.01. The maximum Gasteiger partial charge on any atom is 0.175 e. The van der Waals surface area contributed by atoms with E-state index in [-0.39, 0.29) is 0 Å². The van der Waals surface area contributed by atoms with Crippen molar-refractivity contribution in [2.45, 2.75) is 51.5 Å². The first kappa shape index (κ1) is 15.2. The van der Waals surface area contributed by atoms with Gasteiger partial charge in [-0.2, -0.15) is 0 Å². The Kier molecular flexibility index (Phi) is 4.75. The zero-order valence-electron chi connectivity index (χ0n) is 12.9. The second kappa shape index (κ2) is 6.57. The molecule has 3 nitrogen and oxygen atoms in total. The van der Waals surface area contributed by atoms with Crippen molar-refractivity contribution in [3.63, 3.8) is 0 Å². The molecule has 0 bridgehead atoms. The van der Waals surface area contributed by atoms with Crippen LogP contribution in [-0.4, -0.2) is 25.8 Å². The SMILES string of the molecule is CC(C)c1c(CC2CCCCN2)cc(Br)c2c1OCCO2. The van der Waals surface area contributed by atoms with E-state index in [2.05, 4.69) is 41.2 Å². The number of piperidine rings is 1. The van der Waals surface area contributed by atoms with E-state index in [0.717, 1.165) is 28.9 Å². The number of hydrogen-bond acceptors (Lipinski definition) is 3. The lowest BCUT2D eigenvalue weighted by Gasteiger charge is -2.29. The fourth-order valence-electron chi connectivity index (χ4n) is 3.40. The third-order valence-electron chi connectivity index (χ3n) is 4.35. The summed E-state index contributed by atoms with van der Waals surface area (Å²) in [5.41, 5.74) is 2.71. The molecule has 21 heavy (non-hydrogen) atoms. The van der Waals surface area contributed by atoms with Crippen LogP contribution >= 0.6 is 15.9 Å². The van der Waals surface area contributed by atoms with E-state index >= 15 is 0 Å². The van der Waals surface area contributed by atoms with Crippen LogP contribution in [0.15, 0.2) is 10.5 Å². The summed E-state index contributed by atoms with van der Waals surface area (Å²) in [6.45, 7) is 6.89. The molecule has 2 heterocycles. The molecule has 1 fully saturated rings. The molecule has 0 amide bonds. The van der Waals surface area contributed by atoms with Crippen molar-refractivity contribution in [2.24, 2.45) is 0 Å². The van der Waals surface area contributed by atoms with E-state index in [1.807, 2.05) is 0 Å². The van der Waals surface area contributed by atoms with Crippen molar-refractivity contribution in [1.29, 1.82) is 0 Å². The first-order valence-corrected chi connectivity index (χ1v) is 8.80. The van der Waals surface area contributed by atoms with Crippen LogP contribution in [0.5, 0.6) is 11.5 Å². The number of fused-ring (bicyclic) bond motifs is 1. The maximum atomic E-state index is 5.95. The molecule has 1 saturated heterocycles. The average Bonchev–Trinajstić information content (AvgIpc) is 2.48. The summed E-state index contributed by atoms with van der Waals surface area (Å²) < 4.78 is 12.8. The molecule has 1 unspecified atom stereocenters. The molecule has 0 aromatic heterocycles. The van der Waals surface area contributed by atoms with Crippen molar-refractivity contribution < 1.29 is 9.47 Å². The van der Waals surface area contributed by atoms with E-state index < -0.39 is 0 Å². The first-order chi connectivity index (χ1) is 10.2. The number of benzene rings is 1. The highest BCUT2D eigenvalue weighted by Gasteiger charge is 2.26. The Balaban J connectivity index is 1.96. The van der Waals surface area contributed by atoms with Crippen molar-refractivity contribution in [2.75, 3.05) is 19.8 Å². The van der Waals surface area contributed by atoms with Crippen LogP contribution in [0, 0.1) is 0 Å². The van der Waals surface area contributed by atoms with E-state index in [4.69, 9.17) is 9.47 Å². The molecule has 2 aliphatic heterocycles. The summed E-state index contributed by atoms with van der Waals surface area (Å²) in [7, 11) is 0. The van der Waals surface area contributed by atoms with Gasteiger partial charge in [0.05, 0.1) is 4.47 Å². The van der Waals surface area contributed by atoms with Crippen LogP contribution in [0.4, 0.5) is 0 Å². The van der Waals surface area contributed by atoms with Crippen molar-refractivity contribution in [3.05, 3.63) is 21.7 Å². The van der Waals surface area contributed by atoms with Gasteiger partial charge in [-0.25, -0.2) is 0 Å². The van der Waals surface area contributed by atoms with Gasteiger partial charge in [-0.3, -0.25) is 0 Å². The molecule has 1 N–H and O–H groups in total. The largest absolute Gasteiger partial charge is 0.486 e. The van der Waals surface area contributed by atoms with Gasteiger partial charge in [-0.1, -0.05) is 20.3 Å². The van der Waals surface area contributed by atoms with Gasteiger partial charge in [-0.15, -0.1) is 0 Å². The lowest BCUT2D eigenvalue weighted by molar-refractivity contribution is 0.168. The van der Waals surface area contributed by atoms with Gasteiger partial charge in [0.1, 0.15) is 13.2 Å². The monoisotopic (exact) mass is 353 g/mol. The normalized spacial score (nSPS) is 21.6. The summed E-state index contributed by atoms with van der Waals surface area (Å²) in [4.78, 5) is 0. The second-order valence-corrected chi connectivity index (χ2v) is 7.15. The van der Waals surface area contributed by atoms with Crippen LogP contribution < -0.4 is 14.8 Å². The maximum absolute atomic E-state index is 5.95. The number of nitrogens with one attached hydrogen (secondary N) is 1. The van der Waals surface area contributed by atoms with Crippen molar-refractivity contribution >= 4 is 15.9 Å². The lowest BCUT2D eigenvalue weighted by Crippen LogP contribution is -2.36. The standard InChI is InChI=1S/C17H24BrNO2/c1-11(2)15-12(9-13-5-3-4-6-19-13)10-14(18)16-17(15)21-8-7-20-16/h10-11,13,19H,3-9H2,1-2H3. The summed E-state index contributed by atoms with van der Waals surface area (Å²) in [5, 5.41) is 3.65. The van der Waals surface area contributed by atoms with E-state index in [0.29, 0.717) is 25.2 Å². The molecule has 0 radical (unpaired) electrons. The molecular weight excluding hydrogens is 330 g/mol. The molecule has 1 atom stereocenters. The third-order valence-corrected chi connectivity index (χ3v) is 4.94. The minimum atomic E-state index is 0.437. The molecule has 4 heteroatoms. The fraction of sp³-hybridized carbons (Fsp3) is 0.647. The molecule has 0 spiro atoms. The molecule has 1 aromatic rings. The predicted molar refractivity (Wildman–Crippen MR) is 88.6 cm³/mol. The van der Waals surface area contributed by atoms with Crippen LogP contribution in [-0.2, 0) is 6.42 Å². The zero-order chi connectivity index (χ0) is 14.8. The molecular formula is C17H24BrNO2. The van der Waals surface area contributed by atoms with Gasteiger partial charge in [0.2, 0.25) is 0 Å². The van der Waals surface area contributed by atoms with Crippen molar-refractivity contribution in [1.82, 2.24) is 5.32 Å². The molecule has 0 aliphatic carbocycles. The highest BCUT2D eigenvalue weighted by molar-refractivity contribution is 9.10. The Morgan fingerprint density at radius 1 is 1.24 bits per heavy atom. The lowest BCUT2D eigenvalue weighted by atomic mass is 9.89. The Morgan fingerprint density at radius 2 is 2.00 bits per heavy atom. The summed E-state index contributed by atoms with van der Waals surface area (Å²) >= 11 is 3.66. The van der Waals surface area contributed by atoms with Gasteiger partial charge >= 0.3 is 0 Å². The highest BCUT2D eigenvalue weighted by Crippen LogP contribution is 2.45. The van der Waals surface area contributed by atoms with E-state index in [9.17, 15) is 0 Å². The topological polar surface area (TPSA) is 30.5 Å². The van der Waals surface area contributed by atoms with Crippen LogP contribution in [0.1, 0.15) is 50.2 Å². The predicted octanol–water partition coefficient (Wildman–Crippen LogP) is 4.03. The van der Waals surface area contributed by atoms with Gasteiger partial charge < -0.3 is 14.8 Å². The Morgan fingerprint density at radius 3 is 2.67 bits per heavy atom. The summed E-state index contributed by atoms with van der Waals surface area (Å²) in [6, 6.07) is 2.82. The minimum Gasteiger partial charge on any atom is -0.486 e. The number of rotatable bonds is 3.